The minimum Gasteiger partial charge on any atom is -0.378 e. The van der Waals surface area contributed by atoms with Gasteiger partial charge >= 0.3 is 0 Å². The van der Waals surface area contributed by atoms with Crippen LogP contribution in [0.1, 0.15) is 5.69 Å². The van der Waals surface area contributed by atoms with Crippen molar-refractivity contribution in [2.75, 3.05) is 42.6 Å². The maximum Gasteiger partial charge on any atom is 0.240 e. The van der Waals surface area contributed by atoms with E-state index in [1.807, 2.05) is 6.07 Å². The first kappa shape index (κ1) is 15.8. The Morgan fingerprint density at radius 2 is 2.04 bits per heavy atom. The predicted molar refractivity (Wildman–Crippen MR) is 84.8 cm³/mol. The van der Waals surface area contributed by atoms with Gasteiger partial charge < -0.3 is 14.2 Å². The summed E-state index contributed by atoms with van der Waals surface area (Å²) in [5, 5.41) is 3.64. The number of aromatic nitrogens is 2. The standard InChI is InChI=1S/C14H18N4O4S/c1-17(23(19,20)11-12-4-7-22-16-12)13-2-3-14(15-10-13)18-5-8-21-9-6-18/h2-4,7,10H,5-6,8-9,11H2,1H3. The second-order valence-electron chi connectivity index (χ2n) is 5.19. The third-order valence-corrected chi connectivity index (χ3v) is 5.38. The largest absolute Gasteiger partial charge is 0.378 e. The number of rotatable bonds is 5. The van der Waals surface area contributed by atoms with Crippen molar-refractivity contribution >= 4 is 21.5 Å². The molecule has 0 N–H and O–H groups in total. The van der Waals surface area contributed by atoms with Gasteiger partial charge in [0.05, 0.1) is 25.1 Å². The molecule has 1 fully saturated rings. The first-order valence-corrected chi connectivity index (χ1v) is 8.82. The third kappa shape index (κ3) is 3.62. The fourth-order valence-electron chi connectivity index (χ4n) is 2.30. The van der Waals surface area contributed by atoms with E-state index in [0.29, 0.717) is 24.6 Å². The fourth-order valence-corrected chi connectivity index (χ4v) is 3.45. The van der Waals surface area contributed by atoms with E-state index in [0.717, 1.165) is 18.9 Å². The molecular weight excluding hydrogens is 320 g/mol. The molecule has 0 amide bonds. The molecule has 0 aromatic carbocycles. The van der Waals surface area contributed by atoms with Crippen LogP contribution >= 0.6 is 0 Å². The molecule has 124 valence electrons. The van der Waals surface area contributed by atoms with Gasteiger partial charge in [0.2, 0.25) is 10.0 Å². The van der Waals surface area contributed by atoms with Crippen molar-refractivity contribution in [1.82, 2.24) is 10.1 Å². The SMILES string of the molecule is CN(c1ccc(N2CCOCC2)nc1)S(=O)(=O)Cc1ccon1. The van der Waals surface area contributed by atoms with E-state index in [2.05, 4.69) is 19.6 Å². The Morgan fingerprint density at radius 3 is 2.65 bits per heavy atom. The smallest absolute Gasteiger partial charge is 0.240 e. The number of hydrogen-bond donors (Lipinski definition) is 0. The van der Waals surface area contributed by atoms with Crippen LogP contribution in [0.5, 0.6) is 0 Å². The molecule has 0 radical (unpaired) electrons. The van der Waals surface area contributed by atoms with Crippen LogP contribution in [0.4, 0.5) is 11.5 Å². The molecule has 8 nitrogen and oxygen atoms in total. The van der Waals surface area contributed by atoms with Gasteiger partial charge in [0.15, 0.2) is 0 Å². The van der Waals surface area contributed by atoms with Gasteiger partial charge in [-0.1, -0.05) is 5.16 Å². The highest BCUT2D eigenvalue weighted by molar-refractivity contribution is 7.92. The number of nitrogens with zero attached hydrogens (tertiary/aromatic N) is 4. The third-order valence-electron chi connectivity index (χ3n) is 3.67. The second-order valence-corrected chi connectivity index (χ2v) is 7.19. The first-order valence-electron chi connectivity index (χ1n) is 7.21. The summed E-state index contributed by atoms with van der Waals surface area (Å²) in [6.07, 6.45) is 2.91. The lowest BCUT2D eigenvalue weighted by molar-refractivity contribution is 0.122. The minimum atomic E-state index is -3.54. The molecule has 0 bridgehead atoms. The van der Waals surface area contributed by atoms with Crippen LogP contribution in [0.2, 0.25) is 0 Å². The summed E-state index contributed by atoms with van der Waals surface area (Å²) in [6, 6.07) is 5.10. The average Bonchev–Trinajstić information content (AvgIpc) is 3.07. The van der Waals surface area contributed by atoms with Crippen LogP contribution in [0.15, 0.2) is 35.2 Å². The van der Waals surface area contributed by atoms with Gasteiger partial charge in [0.1, 0.15) is 23.5 Å². The zero-order valence-corrected chi connectivity index (χ0v) is 13.6. The van der Waals surface area contributed by atoms with Gasteiger partial charge in [-0.15, -0.1) is 0 Å². The molecule has 23 heavy (non-hydrogen) atoms. The van der Waals surface area contributed by atoms with Crippen molar-refractivity contribution in [2.45, 2.75) is 5.75 Å². The summed E-state index contributed by atoms with van der Waals surface area (Å²) >= 11 is 0. The molecule has 1 saturated heterocycles. The Hall–Kier alpha value is -2.13. The zero-order valence-electron chi connectivity index (χ0n) is 12.8. The Balaban J connectivity index is 1.73. The van der Waals surface area contributed by atoms with Crippen molar-refractivity contribution in [1.29, 1.82) is 0 Å². The van der Waals surface area contributed by atoms with Crippen LogP contribution in [-0.4, -0.2) is 51.9 Å². The highest BCUT2D eigenvalue weighted by Crippen LogP contribution is 2.21. The fraction of sp³-hybridized carbons (Fsp3) is 0.429. The maximum absolute atomic E-state index is 12.4. The van der Waals surface area contributed by atoms with E-state index in [4.69, 9.17) is 4.74 Å². The number of hydrogen-bond acceptors (Lipinski definition) is 7. The van der Waals surface area contributed by atoms with Crippen LogP contribution in [-0.2, 0) is 20.5 Å². The van der Waals surface area contributed by atoms with Crippen molar-refractivity contribution in [2.24, 2.45) is 0 Å². The normalized spacial score (nSPS) is 15.6. The summed E-state index contributed by atoms with van der Waals surface area (Å²) in [4.78, 5) is 6.47. The molecule has 0 spiro atoms. The Kier molecular flexibility index (Phi) is 4.49. The molecule has 1 aliphatic rings. The Morgan fingerprint density at radius 1 is 1.26 bits per heavy atom. The number of sulfonamides is 1. The van der Waals surface area contributed by atoms with Gasteiger partial charge in [-0.2, -0.15) is 0 Å². The molecule has 1 aliphatic heterocycles. The van der Waals surface area contributed by atoms with Crippen molar-refractivity contribution in [3.63, 3.8) is 0 Å². The van der Waals surface area contributed by atoms with Crippen LogP contribution in [0.3, 0.4) is 0 Å². The molecule has 3 rings (SSSR count). The maximum atomic E-state index is 12.4. The highest BCUT2D eigenvalue weighted by Gasteiger charge is 2.21. The Bertz CT molecular complexity index is 725. The van der Waals surface area contributed by atoms with E-state index >= 15 is 0 Å². The van der Waals surface area contributed by atoms with Gasteiger partial charge in [0, 0.05) is 26.2 Å². The number of pyridine rings is 1. The molecule has 2 aromatic heterocycles. The lowest BCUT2D eigenvalue weighted by Gasteiger charge is -2.28. The molecule has 3 heterocycles. The van der Waals surface area contributed by atoms with Crippen molar-refractivity contribution in [3.8, 4) is 0 Å². The van der Waals surface area contributed by atoms with Gasteiger partial charge in [-0.3, -0.25) is 4.31 Å². The van der Waals surface area contributed by atoms with Crippen LogP contribution in [0.25, 0.3) is 0 Å². The van der Waals surface area contributed by atoms with Crippen LogP contribution in [0, 0.1) is 0 Å². The summed E-state index contributed by atoms with van der Waals surface area (Å²) in [5.74, 6) is 0.602. The van der Waals surface area contributed by atoms with Gasteiger partial charge in [0.25, 0.3) is 0 Å². The van der Waals surface area contributed by atoms with E-state index in [1.54, 1.807) is 12.3 Å². The monoisotopic (exact) mass is 338 g/mol. The van der Waals surface area contributed by atoms with Gasteiger partial charge in [-0.25, -0.2) is 13.4 Å². The van der Waals surface area contributed by atoms with E-state index in [9.17, 15) is 8.42 Å². The van der Waals surface area contributed by atoms with E-state index in [1.165, 1.54) is 23.7 Å². The molecule has 0 aliphatic carbocycles. The number of anilines is 2. The second kappa shape index (κ2) is 6.55. The molecule has 0 unspecified atom stereocenters. The van der Waals surface area contributed by atoms with Gasteiger partial charge in [-0.05, 0) is 12.1 Å². The van der Waals surface area contributed by atoms with Crippen LogP contribution < -0.4 is 9.21 Å². The van der Waals surface area contributed by atoms with Crippen molar-refractivity contribution in [3.05, 3.63) is 36.4 Å². The summed E-state index contributed by atoms with van der Waals surface area (Å²) in [5.41, 5.74) is 0.875. The molecule has 9 heteroatoms. The van der Waals surface area contributed by atoms with E-state index < -0.39 is 10.0 Å². The summed E-state index contributed by atoms with van der Waals surface area (Å²) in [6.45, 7) is 2.92. The Labute approximate surface area is 134 Å². The van der Waals surface area contributed by atoms with E-state index in [-0.39, 0.29) is 5.75 Å². The lowest BCUT2D eigenvalue weighted by Crippen LogP contribution is -2.36. The highest BCUT2D eigenvalue weighted by atomic mass is 32.2. The topological polar surface area (TPSA) is 88.8 Å². The zero-order chi connectivity index (χ0) is 16.3. The molecule has 0 atom stereocenters. The predicted octanol–water partition coefficient (Wildman–Crippen LogP) is 0.872. The number of morpholine rings is 1. The summed E-state index contributed by atoms with van der Waals surface area (Å²) < 4.78 is 35.9. The lowest BCUT2D eigenvalue weighted by atomic mass is 10.3. The minimum absolute atomic E-state index is 0.217. The first-order chi connectivity index (χ1) is 11.1. The quantitative estimate of drug-likeness (QED) is 0.799. The molecule has 2 aromatic rings. The summed E-state index contributed by atoms with van der Waals surface area (Å²) in [7, 11) is -2.04. The number of ether oxygens (including phenoxy) is 1. The van der Waals surface area contributed by atoms with Crippen molar-refractivity contribution < 1.29 is 17.7 Å². The molecular formula is C14H18N4O4S. The average molecular weight is 338 g/mol. The molecule has 0 saturated carbocycles.